The summed E-state index contributed by atoms with van der Waals surface area (Å²) in [6, 6.07) is 9.41. The Hall–Kier alpha value is -1.49. The molecule has 0 radical (unpaired) electrons. The van der Waals surface area contributed by atoms with Gasteiger partial charge < -0.3 is 10.1 Å². The van der Waals surface area contributed by atoms with Crippen molar-refractivity contribution in [1.82, 2.24) is 5.32 Å². The zero-order valence-corrected chi connectivity index (χ0v) is 11.9. The highest BCUT2D eigenvalue weighted by Crippen LogP contribution is 2.22. The summed E-state index contributed by atoms with van der Waals surface area (Å²) >= 11 is 1.66. The molecular weight excluding hydrogens is 260 g/mol. The van der Waals surface area contributed by atoms with E-state index in [-0.39, 0.29) is 5.97 Å². The molecule has 2 atom stereocenters. The van der Waals surface area contributed by atoms with Gasteiger partial charge in [0.15, 0.2) is 11.2 Å². The van der Waals surface area contributed by atoms with Crippen LogP contribution in [0, 0.1) is 0 Å². The molecule has 1 N–H and O–H groups in total. The molecule has 5 heteroatoms. The van der Waals surface area contributed by atoms with E-state index in [2.05, 4.69) is 17.2 Å². The normalized spacial score (nSPS) is 19.7. The Morgan fingerprint density at radius 3 is 2.84 bits per heavy atom. The number of thioether (sulfide) groups is 1. The first-order valence-corrected chi connectivity index (χ1v) is 7.33. The number of carbonyl (C=O) groups is 1. The molecule has 102 valence electrons. The van der Waals surface area contributed by atoms with Crippen LogP contribution in [0.5, 0.6) is 0 Å². The van der Waals surface area contributed by atoms with E-state index in [1.807, 2.05) is 30.3 Å². The number of amidine groups is 1. The van der Waals surface area contributed by atoms with Crippen molar-refractivity contribution in [2.24, 2.45) is 4.99 Å². The molecule has 0 saturated carbocycles. The minimum absolute atomic E-state index is 0.297. The van der Waals surface area contributed by atoms with Gasteiger partial charge in [0.25, 0.3) is 0 Å². The molecule has 1 aromatic rings. The zero-order chi connectivity index (χ0) is 13.7. The predicted molar refractivity (Wildman–Crippen MR) is 78.3 cm³/mol. The Morgan fingerprint density at radius 1 is 1.53 bits per heavy atom. The lowest BCUT2D eigenvalue weighted by Gasteiger charge is -2.17. The first-order valence-electron chi connectivity index (χ1n) is 6.34. The smallest absolute Gasteiger partial charge is 0.333 e. The summed E-state index contributed by atoms with van der Waals surface area (Å²) in [4.78, 5) is 16.5. The van der Waals surface area contributed by atoms with Crippen molar-refractivity contribution in [2.45, 2.75) is 25.4 Å². The second-order valence-electron chi connectivity index (χ2n) is 4.32. The number of methoxy groups -OCH3 is 1. The number of esters is 1. The van der Waals surface area contributed by atoms with Crippen LogP contribution in [0.2, 0.25) is 0 Å². The van der Waals surface area contributed by atoms with Gasteiger partial charge in [-0.1, -0.05) is 49.0 Å². The summed E-state index contributed by atoms with van der Waals surface area (Å²) in [6.45, 7) is 2.12. The summed E-state index contributed by atoms with van der Waals surface area (Å²) in [5.74, 6) is 0.677. The number of benzene rings is 1. The van der Waals surface area contributed by atoms with Gasteiger partial charge in [-0.25, -0.2) is 4.79 Å². The molecule has 1 aliphatic heterocycles. The third-order valence-electron chi connectivity index (χ3n) is 3.02. The fourth-order valence-electron chi connectivity index (χ4n) is 1.87. The van der Waals surface area contributed by atoms with E-state index in [9.17, 15) is 4.79 Å². The molecule has 1 heterocycles. The summed E-state index contributed by atoms with van der Waals surface area (Å²) in [5.41, 5.74) is 0.887. The average molecular weight is 278 g/mol. The molecule has 2 rings (SSSR count). The maximum absolute atomic E-state index is 11.9. The van der Waals surface area contributed by atoms with Gasteiger partial charge in [-0.2, -0.15) is 0 Å². The highest BCUT2D eigenvalue weighted by atomic mass is 32.2. The maximum atomic E-state index is 11.9. The van der Waals surface area contributed by atoms with E-state index >= 15 is 0 Å². The van der Waals surface area contributed by atoms with E-state index in [0.717, 1.165) is 22.9 Å². The van der Waals surface area contributed by atoms with Crippen LogP contribution in [0.25, 0.3) is 0 Å². The van der Waals surface area contributed by atoms with Crippen LogP contribution in [0.1, 0.15) is 24.9 Å². The third-order valence-corrected chi connectivity index (χ3v) is 4.07. The van der Waals surface area contributed by atoms with Gasteiger partial charge in [0.05, 0.1) is 13.2 Å². The molecule has 1 aliphatic rings. The van der Waals surface area contributed by atoms with Crippen molar-refractivity contribution in [3.63, 3.8) is 0 Å². The van der Waals surface area contributed by atoms with Crippen molar-refractivity contribution in [1.29, 1.82) is 0 Å². The lowest BCUT2D eigenvalue weighted by Crippen LogP contribution is -2.32. The average Bonchev–Trinajstić information content (AvgIpc) is 2.92. The summed E-state index contributed by atoms with van der Waals surface area (Å²) in [5, 5.41) is 4.01. The number of nitrogens with zero attached hydrogens (tertiary/aromatic N) is 1. The SMILES string of the molecule is CCC1CSC(NC(C(=O)OC)c2ccccc2)=N1. The predicted octanol–water partition coefficient (Wildman–Crippen LogP) is 2.37. The van der Waals surface area contributed by atoms with Crippen molar-refractivity contribution >= 4 is 22.9 Å². The van der Waals surface area contributed by atoms with Gasteiger partial charge in [-0.15, -0.1) is 0 Å². The van der Waals surface area contributed by atoms with Crippen LogP contribution in [-0.4, -0.2) is 30.0 Å². The number of carbonyl (C=O) groups excluding carboxylic acids is 1. The number of ether oxygens (including phenoxy) is 1. The molecule has 0 aromatic heterocycles. The number of hydrogen-bond donors (Lipinski definition) is 1. The van der Waals surface area contributed by atoms with Crippen LogP contribution in [0.15, 0.2) is 35.3 Å². The Labute approximate surface area is 117 Å². The van der Waals surface area contributed by atoms with Crippen molar-refractivity contribution in [3.05, 3.63) is 35.9 Å². The topological polar surface area (TPSA) is 50.7 Å². The Balaban J connectivity index is 2.14. The summed E-state index contributed by atoms with van der Waals surface area (Å²) < 4.78 is 4.86. The molecule has 19 heavy (non-hydrogen) atoms. The second-order valence-corrected chi connectivity index (χ2v) is 5.33. The molecule has 0 aliphatic carbocycles. The highest BCUT2D eigenvalue weighted by molar-refractivity contribution is 8.14. The number of rotatable bonds is 4. The molecule has 0 spiro atoms. The standard InChI is InChI=1S/C14H18N2O2S/c1-3-11-9-19-14(15-11)16-12(13(17)18-2)10-7-5-4-6-8-10/h4-8,11-12H,3,9H2,1-2H3,(H,15,16). The summed E-state index contributed by atoms with van der Waals surface area (Å²) in [7, 11) is 1.40. The maximum Gasteiger partial charge on any atom is 0.333 e. The van der Waals surface area contributed by atoms with Crippen LogP contribution in [0.3, 0.4) is 0 Å². The fourth-order valence-corrected chi connectivity index (χ4v) is 2.95. The van der Waals surface area contributed by atoms with Crippen LogP contribution in [0.4, 0.5) is 0 Å². The fraction of sp³-hybridized carbons (Fsp3) is 0.429. The highest BCUT2D eigenvalue weighted by Gasteiger charge is 2.25. The van der Waals surface area contributed by atoms with Gasteiger partial charge >= 0.3 is 5.97 Å². The largest absolute Gasteiger partial charge is 0.467 e. The molecule has 0 saturated heterocycles. The van der Waals surface area contributed by atoms with Crippen LogP contribution < -0.4 is 5.32 Å². The van der Waals surface area contributed by atoms with Crippen molar-refractivity contribution in [2.75, 3.05) is 12.9 Å². The van der Waals surface area contributed by atoms with Gasteiger partial charge in [-0.05, 0) is 12.0 Å². The first-order chi connectivity index (χ1) is 9.24. The minimum Gasteiger partial charge on any atom is -0.467 e. The van der Waals surface area contributed by atoms with Crippen LogP contribution >= 0.6 is 11.8 Å². The Bertz CT molecular complexity index is 462. The Kier molecular flexibility index (Phi) is 4.85. The van der Waals surface area contributed by atoms with E-state index in [1.54, 1.807) is 11.8 Å². The van der Waals surface area contributed by atoms with Gasteiger partial charge in [-0.3, -0.25) is 4.99 Å². The molecule has 0 fully saturated rings. The van der Waals surface area contributed by atoms with E-state index in [1.165, 1.54) is 7.11 Å². The van der Waals surface area contributed by atoms with E-state index < -0.39 is 6.04 Å². The monoisotopic (exact) mass is 278 g/mol. The zero-order valence-electron chi connectivity index (χ0n) is 11.1. The van der Waals surface area contributed by atoms with Crippen molar-refractivity contribution < 1.29 is 9.53 Å². The molecule has 1 aromatic carbocycles. The number of nitrogens with one attached hydrogen (secondary N) is 1. The molecule has 0 bridgehead atoms. The summed E-state index contributed by atoms with van der Waals surface area (Å²) in [6.07, 6.45) is 1.02. The number of aliphatic imine (C=N–C) groups is 1. The molecule has 0 amide bonds. The molecule has 4 nitrogen and oxygen atoms in total. The number of hydrogen-bond acceptors (Lipinski definition) is 5. The van der Waals surface area contributed by atoms with E-state index in [0.29, 0.717) is 6.04 Å². The van der Waals surface area contributed by atoms with Gasteiger partial charge in [0, 0.05) is 5.75 Å². The molecular formula is C14H18N2O2S. The van der Waals surface area contributed by atoms with Crippen LogP contribution in [-0.2, 0) is 9.53 Å². The Morgan fingerprint density at radius 2 is 2.26 bits per heavy atom. The lowest BCUT2D eigenvalue weighted by atomic mass is 10.1. The van der Waals surface area contributed by atoms with E-state index in [4.69, 9.17) is 4.74 Å². The molecule has 2 unspecified atom stereocenters. The van der Waals surface area contributed by atoms with Gasteiger partial charge in [0.1, 0.15) is 0 Å². The van der Waals surface area contributed by atoms with Crippen molar-refractivity contribution in [3.8, 4) is 0 Å². The lowest BCUT2D eigenvalue weighted by molar-refractivity contribution is -0.142. The first kappa shape index (κ1) is 13.9. The van der Waals surface area contributed by atoms with Gasteiger partial charge in [0.2, 0.25) is 0 Å². The minimum atomic E-state index is -0.493. The quantitative estimate of drug-likeness (QED) is 0.859. The second kappa shape index (κ2) is 6.61. The third kappa shape index (κ3) is 3.50.